The summed E-state index contributed by atoms with van der Waals surface area (Å²) in [5.74, 6) is 0.242. The van der Waals surface area contributed by atoms with Crippen LogP contribution in [0.3, 0.4) is 0 Å². The van der Waals surface area contributed by atoms with E-state index in [9.17, 15) is 5.11 Å². The number of hydrogen-bond acceptors (Lipinski definition) is 3. The summed E-state index contributed by atoms with van der Waals surface area (Å²) >= 11 is 0. The maximum absolute atomic E-state index is 10.2. The van der Waals surface area contributed by atoms with E-state index in [2.05, 4.69) is 50.9 Å². The number of benzene rings is 2. The zero-order valence-electron chi connectivity index (χ0n) is 15.0. The number of phenolic OH excluding ortho intramolecular Hbond substituents is 1. The van der Waals surface area contributed by atoms with Crippen LogP contribution in [0.4, 0.5) is 0 Å². The lowest BCUT2D eigenvalue weighted by atomic mass is 9.72. The van der Waals surface area contributed by atoms with Gasteiger partial charge in [-0.1, -0.05) is 46.8 Å². The Morgan fingerprint density at radius 1 is 0.917 bits per heavy atom. The third-order valence-electron chi connectivity index (χ3n) is 4.17. The topological polar surface area (TPSA) is 50.9 Å². The van der Waals surface area contributed by atoms with Crippen LogP contribution in [0.15, 0.2) is 42.5 Å². The Labute approximate surface area is 143 Å². The second kappa shape index (κ2) is 5.62. The van der Waals surface area contributed by atoms with Gasteiger partial charge in [0.25, 0.3) is 0 Å². The van der Waals surface area contributed by atoms with Gasteiger partial charge in [-0.15, -0.1) is 10.2 Å². The predicted molar refractivity (Wildman–Crippen MR) is 97.6 cm³/mol. The molecule has 0 radical (unpaired) electrons. The van der Waals surface area contributed by atoms with Crippen molar-refractivity contribution in [2.45, 2.75) is 46.5 Å². The molecule has 1 N–H and O–H groups in total. The first kappa shape index (κ1) is 16.5. The predicted octanol–water partition coefficient (Wildman–Crippen LogP) is 4.84. The Balaban J connectivity index is 2.06. The summed E-state index contributed by atoms with van der Waals surface area (Å²) in [5.41, 5.74) is 3.70. The lowest BCUT2D eigenvalue weighted by Gasteiger charge is -2.33. The number of fused-ring (bicyclic) bond motifs is 1. The van der Waals surface area contributed by atoms with E-state index >= 15 is 0 Å². The highest BCUT2D eigenvalue weighted by Gasteiger charge is 2.28. The van der Waals surface area contributed by atoms with Gasteiger partial charge in [0.15, 0.2) is 0 Å². The molecule has 0 spiro atoms. The van der Waals surface area contributed by atoms with E-state index in [1.54, 1.807) is 10.9 Å². The lowest BCUT2D eigenvalue weighted by molar-refractivity contribution is 0.283. The van der Waals surface area contributed by atoms with Gasteiger partial charge in [0.1, 0.15) is 16.8 Å². The van der Waals surface area contributed by atoms with Crippen LogP contribution in [-0.4, -0.2) is 20.1 Å². The van der Waals surface area contributed by atoms with Crippen LogP contribution < -0.4 is 0 Å². The monoisotopic (exact) mass is 323 g/mol. The van der Waals surface area contributed by atoms with Gasteiger partial charge in [-0.3, -0.25) is 0 Å². The van der Waals surface area contributed by atoms with E-state index < -0.39 is 0 Å². The quantitative estimate of drug-likeness (QED) is 0.750. The molecule has 1 aromatic heterocycles. The van der Waals surface area contributed by atoms with Crippen LogP contribution in [-0.2, 0) is 5.41 Å². The second-order valence-electron chi connectivity index (χ2n) is 8.34. The summed E-state index contributed by atoms with van der Waals surface area (Å²) in [6, 6.07) is 13.4. The summed E-state index contributed by atoms with van der Waals surface area (Å²) < 4.78 is 0. The maximum atomic E-state index is 10.2. The fraction of sp³-hybridized carbons (Fsp3) is 0.400. The van der Waals surface area contributed by atoms with Crippen molar-refractivity contribution in [2.75, 3.05) is 0 Å². The number of nitrogens with zero attached hydrogens (tertiary/aromatic N) is 3. The average molecular weight is 323 g/mol. The number of aromatic hydroxyl groups is 1. The minimum atomic E-state index is -0.0572. The molecule has 0 saturated heterocycles. The molecule has 0 aliphatic heterocycles. The van der Waals surface area contributed by atoms with Crippen LogP contribution in [0.2, 0.25) is 0 Å². The molecule has 0 fully saturated rings. The number of rotatable bonds is 3. The van der Waals surface area contributed by atoms with Crippen LogP contribution in [0.25, 0.3) is 16.7 Å². The van der Waals surface area contributed by atoms with Crippen molar-refractivity contribution in [1.82, 2.24) is 15.0 Å². The Morgan fingerprint density at radius 3 is 2.04 bits per heavy atom. The fourth-order valence-corrected chi connectivity index (χ4v) is 3.50. The molecule has 1 heterocycles. The van der Waals surface area contributed by atoms with Gasteiger partial charge in [0.05, 0.1) is 5.69 Å². The third-order valence-corrected chi connectivity index (χ3v) is 4.17. The highest BCUT2D eigenvalue weighted by molar-refractivity contribution is 5.73. The van der Waals surface area contributed by atoms with Crippen LogP contribution >= 0.6 is 0 Å². The SMILES string of the molecule is CC(C)(C)CC(C)(C)c1cc(O)cc(-n2nc3ccccc3n2)c1. The standard InChI is InChI=1S/C20H25N3O/c1-19(2,3)13-20(4,5)14-10-15(12-16(24)11-14)23-21-17-8-6-7-9-18(17)22-23/h6-12,24H,13H2,1-5H3. The molecule has 126 valence electrons. The zero-order valence-corrected chi connectivity index (χ0v) is 15.0. The molecule has 0 saturated carbocycles. The molecule has 24 heavy (non-hydrogen) atoms. The molecule has 0 aliphatic rings. The van der Waals surface area contributed by atoms with Gasteiger partial charge < -0.3 is 5.11 Å². The fourth-order valence-electron chi connectivity index (χ4n) is 3.50. The first-order chi connectivity index (χ1) is 11.1. The number of aromatic nitrogens is 3. The smallest absolute Gasteiger partial charge is 0.118 e. The average Bonchev–Trinajstić information content (AvgIpc) is 2.88. The van der Waals surface area contributed by atoms with Gasteiger partial charge in [0, 0.05) is 6.07 Å². The Kier molecular flexibility index (Phi) is 3.86. The molecule has 2 aromatic carbocycles. The summed E-state index contributed by atoms with van der Waals surface area (Å²) in [5, 5.41) is 19.3. The van der Waals surface area contributed by atoms with Gasteiger partial charge >= 0.3 is 0 Å². The first-order valence-electron chi connectivity index (χ1n) is 8.31. The van der Waals surface area contributed by atoms with Crippen LogP contribution in [0.1, 0.15) is 46.6 Å². The largest absolute Gasteiger partial charge is 0.508 e. The van der Waals surface area contributed by atoms with Gasteiger partial charge in [-0.25, -0.2) is 0 Å². The first-order valence-corrected chi connectivity index (χ1v) is 8.31. The Morgan fingerprint density at radius 2 is 1.50 bits per heavy atom. The van der Waals surface area contributed by atoms with Crippen LogP contribution in [0.5, 0.6) is 5.75 Å². The molecular formula is C20H25N3O. The third kappa shape index (κ3) is 3.42. The molecule has 3 rings (SSSR count). The van der Waals surface area contributed by atoms with E-state index in [-0.39, 0.29) is 16.6 Å². The summed E-state index contributed by atoms with van der Waals surface area (Å²) in [7, 11) is 0. The van der Waals surface area contributed by atoms with E-state index in [0.717, 1.165) is 28.7 Å². The van der Waals surface area contributed by atoms with Crippen molar-refractivity contribution in [1.29, 1.82) is 0 Å². The van der Waals surface area contributed by atoms with E-state index in [4.69, 9.17) is 0 Å². The van der Waals surface area contributed by atoms with Crippen LogP contribution in [0, 0.1) is 5.41 Å². The van der Waals surface area contributed by atoms with Crippen molar-refractivity contribution in [3.05, 3.63) is 48.0 Å². The molecule has 0 aliphatic carbocycles. The Bertz CT molecular complexity index is 839. The molecule has 0 unspecified atom stereocenters. The van der Waals surface area contributed by atoms with Crippen molar-refractivity contribution < 1.29 is 5.11 Å². The van der Waals surface area contributed by atoms with Crippen molar-refractivity contribution in [3.63, 3.8) is 0 Å². The Hall–Kier alpha value is -2.36. The van der Waals surface area contributed by atoms with E-state index in [1.807, 2.05) is 30.3 Å². The highest BCUT2D eigenvalue weighted by Crippen LogP contribution is 2.38. The second-order valence-corrected chi connectivity index (χ2v) is 8.34. The van der Waals surface area contributed by atoms with E-state index in [0.29, 0.717) is 0 Å². The van der Waals surface area contributed by atoms with Gasteiger partial charge in [-0.05, 0) is 47.1 Å². The maximum Gasteiger partial charge on any atom is 0.118 e. The molecule has 0 bridgehead atoms. The zero-order chi connectivity index (χ0) is 17.5. The van der Waals surface area contributed by atoms with E-state index in [1.165, 1.54) is 0 Å². The molecule has 3 aromatic rings. The summed E-state index contributed by atoms with van der Waals surface area (Å²) in [4.78, 5) is 1.60. The van der Waals surface area contributed by atoms with Gasteiger partial charge in [0.2, 0.25) is 0 Å². The minimum Gasteiger partial charge on any atom is -0.508 e. The normalized spacial score (nSPS) is 12.7. The van der Waals surface area contributed by atoms with Crippen molar-refractivity contribution in [3.8, 4) is 11.4 Å². The summed E-state index contributed by atoms with van der Waals surface area (Å²) in [6.45, 7) is 11.1. The van der Waals surface area contributed by atoms with Crippen molar-refractivity contribution >= 4 is 11.0 Å². The molecule has 4 heteroatoms. The molecule has 0 atom stereocenters. The molecule has 0 amide bonds. The minimum absolute atomic E-state index is 0.0572. The van der Waals surface area contributed by atoms with Crippen molar-refractivity contribution in [2.24, 2.45) is 5.41 Å². The number of hydrogen-bond donors (Lipinski definition) is 1. The lowest BCUT2D eigenvalue weighted by Crippen LogP contribution is -2.25. The molecule has 4 nitrogen and oxygen atoms in total. The van der Waals surface area contributed by atoms with Gasteiger partial charge in [-0.2, -0.15) is 4.80 Å². The molecular weight excluding hydrogens is 298 g/mol. The number of phenols is 1. The summed E-state index contributed by atoms with van der Waals surface area (Å²) in [6.07, 6.45) is 1.01. The highest BCUT2D eigenvalue weighted by atomic mass is 16.3.